The molecule has 0 aliphatic carbocycles. The van der Waals surface area contributed by atoms with Gasteiger partial charge in [-0.1, -0.05) is 51.3 Å². The molecule has 1 aromatic rings. The summed E-state index contributed by atoms with van der Waals surface area (Å²) in [6.45, 7) is 5.41. The molecule has 0 saturated heterocycles. The summed E-state index contributed by atoms with van der Waals surface area (Å²) in [6.07, 6.45) is 4.38. The number of benzene rings is 1. The Kier molecular flexibility index (Phi) is 6.91. The maximum absolute atomic E-state index is 11.8. The molecule has 1 aliphatic rings. The molecule has 126 valence electrons. The lowest BCUT2D eigenvalue weighted by Crippen LogP contribution is -2.17. The molecule has 1 aromatic carbocycles. The van der Waals surface area contributed by atoms with Crippen LogP contribution in [0.3, 0.4) is 0 Å². The van der Waals surface area contributed by atoms with Crippen LogP contribution in [-0.4, -0.2) is 25.2 Å². The molecule has 5 heteroatoms. The second-order valence-corrected chi connectivity index (χ2v) is 5.78. The van der Waals surface area contributed by atoms with Crippen molar-refractivity contribution in [2.75, 3.05) is 18.2 Å². The number of para-hydroxylation sites is 1. The van der Waals surface area contributed by atoms with Gasteiger partial charge in [-0.3, -0.25) is 5.01 Å². The normalized spacial score (nSPS) is 15.2. The minimum Gasteiger partial charge on any atom is -0.434 e. The van der Waals surface area contributed by atoms with Gasteiger partial charge in [0.25, 0.3) is 0 Å². The first kappa shape index (κ1) is 17.3. The van der Waals surface area contributed by atoms with Gasteiger partial charge < -0.3 is 9.47 Å². The predicted octanol–water partition coefficient (Wildman–Crippen LogP) is 4.58. The highest BCUT2D eigenvalue weighted by Crippen LogP contribution is 2.19. The molecule has 23 heavy (non-hydrogen) atoms. The smallest absolute Gasteiger partial charge is 0.434 e. The summed E-state index contributed by atoms with van der Waals surface area (Å²) in [6, 6.07) is 9.83. The Balaban J connectivity index is 1.77. The maximum Gasteiger partial charge on any atom is 0.514 e. The van der Waals surface area contributed by atoms with Crippen molar-refractivity contribution in [3.8, 4) is 0 Å². The molecule has 0 saturated carbocycles. The molecule has 0 N–H and O–H groups in total. The van der Waals surface area contributed by atoms with E-state index in [4.69, 9.17) is 9.47 Å². The van der Waals surface area contributed by atoms with Crippen molar-refractivity contribution in [2.24, 2.45) is 11.0 Å². The number of hydrogen-bond acceptors (Lipinski definition) is 5. The molecular formula is C18H26N2O3. The van der Waals surface area contributed by atoms with Gasteiger partial charge in [-0.05, 0) is 24.5 Å². The van der Waals surface area contributed by atoms with Gasteiger partial charge in [-0.25, -0.2) is 4.79 Å². The van der Waals surface area contributed by atoms with E-state index in [-0.39, 0.29) is 0 Å². The van der Waals surface area contributed by atoms with Crippen molar-refractivity contribution in [3.63, 3.8) is 0 Å². The first-order valence-electron chi connectivity index (χ1n) is 8.47. The van der Waals surface area contributed by atoms with E-state index in [1.54, 1.807) is 0 Å². The first-order chi connectivity index (χ1) is 11.2. The number of ether oxygens (including phenoxy) is 2. The molecule has 0 radical (unpaired) electrons. The monoisotopic (exact) mass is 318 g/mol. The zero-order valence-electron chi connectivity index (χ0n) is 14.0. The van der Waals surface area contributed by atoms with Crippen LogP contribution in [0, 0.1) is 5.92 Å². The third-order valence-corrected chi connectivity index (χ3v) is 4.01. The number of carbonyl (C=O) groups excluding carboxylic acids is 1. The number of rotatable bonds is 7. The van der Waals surface area contributed by atoms with Gasteiger partial charge in [0, 0.05) is 6.42 Å². The second kappa shape index (κ2) is 9.18. The van der Waals surface area contributed by atoms with E-state index in [0.29, 0.717) is 31.4 Å². The summed E-state index contributed by atoms with van der Waals surface area (Å²) in [5, 5.41) is 6.15. The molecular weight excluding hydrogens is 292 g/mol. The lowest BCUT2D eigenvalue weighted by atomic mass is 10.0. The topological polar surface area (TPSA) is 51.1 Å². The summed E-state index contributed by atoms with van der Waals surface area (Å²) in [4.78, 5) is 11.8. The number of hydrazone groups is 1. The largest absolute Gasteiger partial charge is 0.514 e. The molecule has 1 atom stereocenters. The number of anilines is 1. The van der Waals surface area contributed by atoms with Crippen LogP contribution in [0.5, 0.6) is 0 Å². The number of nitrogens with zero attached hydrogens (tertiary/aromatic N) is 2. The molecule has 1 heterocycles. The van der Waals surface area contributed by atoms with E-state index >= 15 is 0 Å². The molecule has 1 aliphatic heterocycles. The van der Waals surface area contributed by atoms with E-state index in [9.17, 15) is 4.79 Å². The summed E-state index contributed by atoms with van der Waals surface area (Å²) < 4.78 is 10.4. The van der Waals surface area contributed by atoms with Crippen LogP contribution in [0.4, 0.5) is 10.5 Å². The average Bonchev–Trinajstić information content (AvgIpc) is 3.04. The number of unbranched alkanes of at least 4 members (excludes halogenated alkanes) is 1. The lowest BCUT2D eigenvalue weighted by molar-refractivity contribution is 0.0774. The van der Waals surface area contributed by atoms with E-state index in [1.807, 2.05) is 35.3 Å². The Morgan fingerprint density at radius 1 is 1.30 bits per heavy atom. The molecule has 2 rings (SSSR count). The van der Waals surface area contributed by atoms with Gasteiger partial charge in [0.2, 0.25) is 5.90 Å². The van der Waals surface area contributed by atoms with Crippen molar-refractivity contribution < 1.29 is 14.3 Å². The van der Waals surface area contributed by atoms with Crippen molar-refractivity contribution in [3.05, 3.63) is 30.3 Å². The van der Waals surface area contributed by atoms with E-state index in [2.05, 4.69) is 18.9 Å². The highest BCUT2D eigenvalue weighted by Gasteiger charge is 2.20. The lowest BCUT2D eigenvalue weighted by Gasteiger charge is -2.14. The highest BCUT2D eigenvalue weighted by atomic mass is 16.7. The Morgan fingerprint density at radius 3 is 2.78 bits per heavy atom. The zero-order chi connectivity index (χ0) is 16.5. The van der Waals surface area contributed by atoms with Gasteiger partial charge in [-0.15, -0.1) is 5.10 Å². The molecule has 0 aromatic heterocycles. The average molecular weight is 318 g/mol. The highest BCUT2D eigenvalue weighted by molar-refractivity contribution is 5.88. The quantitative estimate of drug-likeness (QED) is 0.690. The Bertz CT molecular complexity index is 516. The van der Waals surface area contributed by atoms with Crippen LogP contribution in [0.1, 0.15) is 46.0 Å². The minimum atomic E-state index is -0.645. The number of carbonyl (C=O) groups is 1. The third-order valence-electron chi connectivity index (χ3n) is 4.01. The molecule has 1 unspecified atom stereocenters. The summed E-state index contributed by atoms with van der Waals surface area (Å²) in [5.41, 5.74) is 0.991. The van der Waals surface area contributed by atoms with Gasteiger partial charge >= 0.3 is 6.16 Å². The van der Waals surface area contributed by atoms with E-state index in [0.717, 1.165) is 31.4 Å². The first-order valence-corrected chi connectivity index (χ1v) is 8.47. The van der Waals surface area contributed by atoms with Gasteiger partial charge in [0.15, 0.2) is 0 Å². The number of hydrogen-bond donors (Lipinski definition) is 0. The fraction of sp³-hybridized carbons (Fsp3) is 0.556. The van der Waals surface area contributed by atoms with Crippen molar-refractivity contribution in [2.45, 2.75) is 46.0 Å². The van der Waals surface area contributed by atoms with Crippen LogP contribution in [0.25, 0.3) is 0 Å². The van der Waals surface area contributed by atoms with Crippen molar-refractivity contribution in [1.82, 2.24) is 0 Å². The molecule has 0 spiro atoms. The zero-order valence-corrected chi connectivity index (χ0v) is 14.0. The maximum atomic E-state index is 11.8. The molecule has 5 nitrogen and oxygen atoms in total. The van der Waals surface area contributed by atoms with Crippen molar-refractivity contribution in [1.29, 1.82) is 0 Å². The van der Waals surface area contributed by atoms with E-state index in [1.165, 1.54) is 0 Å². The third kappa shape index (κ3) is 5.58. The standard InChI is InChI=1S/C18H26N2O3/c1-3-5-9-15(4-2)14-22-18(21)23-17-12-13-20(19-17)16-10-7-6-8-11-16/h6-8,10-11,15H,3-5,9,12-14H2,1-2H3. The fourth-order valence-corrected chi connectivity index (χ4v) is 2.50. The summed E-state index contributed by atoms with van der Waals surface area (Å²) in [7, 11) is 0. The van der Waals surface area contributed by atoms with Crippen LogP contribution in [0.15, 0.2) is 35.4 Å². The summed E-state index contributed by atoms with van der Waals surface area (Å²) >= 11 is 0. The van der Waals surface area contributed by atoms with Crippen LogP contribution in [-0.2, 0) is 9.47 Å². The Morgan fingerprint density at radius 2 is 2.09 bits per heavy atom. The fourth-order valence-electron chi connectivity index (χ4n) is 2.50. The summed E-state index contributed by atoms with van der Waals surface area (Å²) in [5.74, 6) is 0.828. The molecule has 0 fully saturated rings. The SMILES string of the molecule is CCCCC(CC)COC(=O)OC1=NN(c2ccccc2)CC1. The van der Waals surface area contributed by atoms with Gasteiger partial charge in [0.1, 0.15) is 0 Å². The molecule has 0 bridgehead atoms. The van der Waals surface area contributed by atoms with Crippen LogP contribution >= 0.6 is 0 Å². The predicted molar refractivity (Wildman–Crippen MR) is 91.6 cm³/mol. The second-order valence-electron chi connectivity index (χ2n) is 5.78. The van der Waals surface area contributed by atoms with Crippen LogP contribution < -0.4 is 5.01 Å². The van der Waals surface area contributed by atoms with Gasteiger partial charge in [0.05, 0.1) is 18.8 Å². The van der Waals surface area contributed by atoms with Crippen LogP contribution in [0.2, 0.25) is 0 Å². The van der Waals surface area contributed by atoms with Crippen molar-refractivity contribution >= 4 is 17.7 Å². The molecule has 0 amide bonds. The Labute approximate surface area is 138 Å². The van der Waals surface area contributed by atoms with E-state index < -0.39 is 6.16 Å². The van der Waals surface area contributed by atoms with Gasteiger partial charge in [-0.2, -0.15) is 0 Å². The Hall–Kier alpha value is -2.04. The minimum absolute atomic E-state index is 0.411.